The van der Waals surface area contributed by atoms with Gasteiger partial charge in [-0.05, 0) is 54.7 Å². The van der Waals surface area contributed by atoms with Gasteiger partial charge < -0.3 is 10.1 Å². The van der Waals surface area contributed by atoms with Crippen LogP contribution in [0.25, 0.3) is 16.9 Å². The fourth-order valence-corrected chi connectivity index (χ4v) is 2.60. The Morgan fingerprint density at radius 3 is 2.65 bits per heavy atom. The Bertz CT molecular complexity index is 842. The number of H-pyrrole nitrogens is 1. The molecule has 20 heavy (non-hydrogen) atoms. The molecule has 3 aromatic rings. The van der Waals surface area contributed by atoms with E-state index in [4.69, 9.17) is 0 Å². The smallest absolute Gasteiger partial charge is 0.332 e. The van der Waals surface area contributed by atoms with Crippen molar-refractivity contribution in [1.29, 1.82) is 0 Å². The summed E-state index contributed by atoms with van der Waals surface area (Å²) >= 11 is 0. The highest BCUT2D eigenvalue weighted by atomic mass is 16.3. The topological polar surface area (TPSA) is 70.9 Å². The van der Waals surface area contributed by atoms with Gasteiger partial charge in [-0.3, -0.25) is 0 Å². The molecule has 1 aromatic carbocycles. The van der Waals surface area contributed by atoms with Crippen molar-refractivity contribution in [1.82, 2.24) is 14.5 Å². The Kier molecular flexibility index (Phi) is 2.24. The molecule has 1 fully saturated rings. The molecule has 2 aromatic heterocycles. The fraction of sp³-hybridized carbons (Fsp3) is 0.200. The molecular weight excluding hydrogens is 254 g/mol. The quantitative estimate of drug-likeness (QED) is 0.748. The molecule has 0 radical (unpaired) electrons. The van der Waals surface area contributed by atoms with E-state index >= 15 is 0 Å². The first-order chi connectivity index (χ1) is 9.74. The lowest BCUT2D eigenvalue weighted by atomic mass is 10.1. The maximum absolute atomic E-state index is 12.2. The highest BCUT2D eigenvalue weighted by molar-refractivity contribution is 5.77. The largest absolute Gasteiger partial charge is 0.508 e. The van der Waals surface area contributed by atoms with E-state index in [0.717, 1.165) is 5.52 Å². The summed E-state index contributed by atoms with van der Waals surface area (Å²) in [5.74, 6) is 0.722. The lowest BCUT2D eigenvalue weighted by Crippen LogP contribution is -2.14. The van der Waals surface area contributed by atoms with Crippen molar-refractivity contribution in [3.63, 3.8) is 0 Å². The van der Waals surface area contributed by atoms with E-state index in [9.17, 15) is 9.90 Å². The minimum atomic E-state index is -0.203. The minimum Gasteiger partial charge on any atom is -0.508 e. The molecule has 2 N–H and O–H groups in total. The van der Waals surface area contributed by atoms with Gasteiger partial charge in [-0.15, -0.1) is 0 Å². The van der Waals surface area contributed by atoms with E-state index in [-0.39, 0.29) is 11.4 Å². The molecule has 2 heterocycles. The molecule has 0 bridgehead atoms. The number of hydrogen-bond acceptors (Lipinski definition) is 3. The summed E-state index contributed by atoms with van der Waals surface area (Å²) in [4.78, 5) is 19.5. The van der Waals surface area contributed by atoms with Crippen LogP contribution in [0.2, 0.25) is 0 Å². The first kappa shape index (κ1) is 11.3. The number of aromatic nitrogens is 3. The zero-order valence-corrected chi connectivity index (χ0v) is 10.7. The van der Waals surface area contributed by atoms with Gasteiger partial charge in [0.25, 0.3) is 0 Å². The van der Waals surface area contributed by atoms with Gasteiger partial charge >= 0.3 is 5.69 Å². The van der Waals surface area contributed by atoms with Gasteiger partial charge in [0.1, 0.15) is 5.75 Å². The maximum atomic E-state index is 12.2. The second-order valence-corrected chi connectivity index (χ2v) is 5.16. The summed E-state index contributed by atoms with van der Waals surface area (Å²) in [7, 11) is 0. The average Bonchev–Trinajstić information content (AvgIpc) is 3.22. The van der Waals surface area contributed by atoms with Gasteiger partial charge in [0.2, 0.25) is 0 Å². The first-order valence-electron chi connectivity index (χ1n) is 6.63. The number of benzene rings is 1. The van der Waals surface area contributed by atoms with Crippen molar-refractivity contribution in [3.8, 4) is 11.4 Å². The van der Waals surface area contributed by atoms with Gasteiger partial charge in [0.05, 0.1) is 11.2 Å². The van der Waals surface area contributed by atoms with Crippen molar-refractivity contribution in [2.45, 2.75) is 18.8 Å². The normalized spacial score (nSPS) is 14.8. The highest BCUT2D eigenvalue weighted by Crippen LogP contribution is 2.42. The third-order valence-electron chi connectivity index (χ3n) is 3.74. The third kappa shape index (κ3) is 1.63. The van der Waals surface area contributed by atoms with Crippen LogP contribution in [0.3, 0.4) is 0 Å². The van der Waals surface area contributed by atoms with Gasteiger partial charge in [-0.2, -0.15) is 0 Å². The lowest BCUT2D eigenvalue weighted by molar-refractivity contribution is 0.475. The highest BCUT2D eigenvalue weighted by Gasteiger charge is 2.27. The predicted molar refractivity (Wildman–Crippen MR) is 75.3 cm³/mol. The third-order valence-corrected chi connectivity index (χ3v) is 3.74. The number of aromatic amines is 1. The van der Waals surface area contributed by atoms with Gasteiger partial charge in [-0.25, -0.2) is 14.3 Å². The Balaban J connectivity index is 2.00. The van der Waals surface area contributed by atoms with Crippen molar-refractivity contribution >= 4 is 11.2 Å². The van der Waals surface area contributed by atoms with E-state index in [1.165, 1.54) is 18.4 Å². The number of aromatic hydroxyl groups is 1. The van der Waals surface area contributed by atoms with Crippen LogP contribution < -0.4 is 5.69 Å². The molecule has 100 valence electrons. The Morgan fingerprint density at radius 2 is 1.95 bits per heavy atom. The Morgan fingerprint density at radius 1 is 1.20 bits per heavy atom. The number of fused-ring (bicyclic) bond motifs is 1. The number of rotatable bonds is 2. The van der Waals surface area contributed by atoms with E-state index in [1.54, 1.807) is 35.0 Å². The van der Waals surface area contributed by atoms with E-state index in [1.807, 2.05) is 6.07 Å². The fourth-order valence-electron chi connectivity index (χ4n) is 2.60. The monoisotopic (exact) mass is 267 g/mol. The molecule has 1 aliphatic rings. The van der Waals surface area contributed by atoms with Crippen molar-refractivity contribution in [2.75, 3.05) is 0 Å². The summed E-state index contributed by atoms with van der Waals surface area (Å²) in [6.45, 7) is 0. The minimum absolute atomic E-state index is 0.174. The molecule has 5 nitrogen and oxygen atoms in total. The van der Waals surface area contributed by atoms with E-state index < -0.39 is 0 Å². The number of nitrogens with one attached hydrogen (secondary N) is 1. The standard InChI is InChI=1S/C15H13N3O2/c19-11-5-3-10(4-6-11)18-14-13(17-15(18)20)12(7-8-16-14)9-1-2-9/h3-9,19H,1-2H2,(H,17,20). The summed E-state index contributed by atoms with van der Waals surface area (Å²) in [5.41, 5.74) is 3.13. The van der Waals surface area contributed by atoms with Gasteiger partial charge in [0.15, 0.2) is 5.65 Å². The van der Waals surface area contributed by atoms with Crippen molar-refractivity contribution in [2.24, 2.45) is 0 Å². The molecule has 0 saturated heterocycles. The molecule has 0 amide bonds. The number of phenolic OH excluding ortho intramolecular Hbond substituents is 1. The summed E-state index contributed by atoms with van der Waals surface area (Å²) in [6.07, 6.45) is 4.09. The first-order valence-corrected chi connectivity index (χ1v) is 6.63. The second-order valence-electron chi connectivity index (χ2n) is 5.16. The van der Waals surface area contributed by atoms with Crippen LogP contribution >= 0.6 is 0 Å². The van der Waals surface area contributed by atoms with Crippen LogP contribution in [0.15, 0.2) is 41.3 Å². The SMILES string of the molecule is O=c1[nH]c2c(C3CC3)ccnc2n1-c1ccc(O)cc1. The van der Waals surface area contributed by atoms with Crippen LogP contribution in [0.5, 0.6) is 5.75 Å². The van der Waals surface area contributed by atoms with Crippen molar-refractivity contribution < 1.29 is 5.11 Å². The van der Waals surface area contributed by atoms with Gasteiger partial charge in [-0.1, -0.05) is 0 Å². The van der Waals surface area contributed by atoms with Crippen LogP contribution in [0.4, 0.5) is 0 Å². The number of hydrogen-bond donors (Lipinski definition) is 2. The summed E-state index contributed by atoms with van der Waals surface area (Å²) in [6, 6.07) is 8.51. The molecular formula is C15H13N3O2. The zero-order valence-electron chi connectivity index (χ0n) is 10.7. The maximum Gasteiger partial charge on any atom is 0.332 e. The number of imidazole rings is 1. The molecule has 0 aliphatic heterocycles. The molecule has 0 atom stereocenters. The van der Waals surface area contributed by atoms with E-state index in [0.29, 0.717) is 17.3 Å². The molecule has 0 spiro atoms. The molecule has 5 heteroatoms. The molecule has 1 saturated carbocycles. The lowest BCUT2D eigenvalue weighted by Gasteiger charge is -2.04. The average molecular weight is 267 g/mol. The van der Waals surface area contributed by atoms with Crippen LogP contribution in [-0.4, -0.2) is 19.6 Å². The summed E-state index contributed by atoms with van der Waals surface area (Å²) in [5, 5.41) is 9.35. The van der Waals surface area contributed by atoms with E-state index in [2.05, 4.69) is 9.97 Å². The molecule has 4 rings (SSSR count). The van der Waals surface area contributed by atoms with Crippen LogP contribution in [-0.2, 0) is 0 Å². The van der Waals surface area contributed by atoms with Crippen LogP contribution in [0, 0.1) is 0 Å². The van der Waals surface area contributed by atoms with Gasteiger partial charge in [0, 0.05) is 6.20 Å². The number of nitrogens with zero attached hydrogens (tertiary/aromatic N) is 2. The predicted octanol–water partition coefficient (Wildman–Crippen LogP) is 2.30. The number of phenols is 1. The van der Waals surface area contributed by atoms with Crippen molar-refractivity contribution in [3.05, 3.63) is 52.6 Å². The molecule has 0 unspecified atom stereocenters. The Hall–Kier alpha value is -2.56. The second kappa shape index (κ2) is 3.96. The number of pyridine rings is 1. The zero-order chi connectivity index (χ0) is 13.7. The summed E-state index contributed by atoms with van der Waals surface area (Å²) < 4.78 is 1.54. The Labute approximate surface area is 114 Å². The van der Waals surface area contributed by atoms with Crippen LogP contribution in [0.1, 0.15) is 24.3 Å². The molecule has 1 aliphatic carbocycles.